The molecule has 0 unspecified atom stereocenters. The summed E-state index contributed by atoms with van der Waals surface area (Å²) in [5.41, 5.74) is 1.38. The second-order valence-electron chi connectivity index (χ2n) is 6.55. The molecule has 3 fully saturated rings. The molecule has 2 bridgehead atoms. The van der Waals surface area contributed by atoms with E-state index in [1.165, 1.54) is 25.9 Å². The Bertz CT molecular complexity index is 695. The SMILES string of the molecule is COc1ccc2c(c1)OC/C(=C\N1CCN3CCC1CC3)C2=O.O=CO. The molecule has 3 saturated heterocycles. The van der Waals surface area contributed by atoms with Gasteiger partial charge in [-0.05, 0) is 25.0 Å². The summed E-state index contributed by atoms with van der Waals surface area (Å²) in [6, 6.07) is 5.95. The molecule has 4 aliphatic heterocycles. The van der Waals surface area contributed by atoms with Crippen LogP contribution in [-0.2, 0) is 4.79 Å². The molecule has 1 aromatic carbocycles. The Hall–Kier alpha value is -2.54. The van der Waals surface area contributed by atoms with Crippen molar-refractivity contribution in [2.24, 2.45) is 0 Å². The maximum absolute atomic E-state index is 12.8. The molecular formula is C19H24N2O5. The molecular weight excluding hydrogens is 336 g/mol. The number of carbonyl (C=O) groups excluding carboxylic acids is 1. The molecule has 7 heteroatoms. The number of carbonyl (C=O) groups is 2. The number of fused-ring (bicyclic) bond motifs is 5. The minimum atomic E-state index is -0.250. The van der Waals surface area contributed by atoms with Crippen LogP contribution in [0.25, 0.3) is 0 Å². The van der Waals surface area contributed by atoms with Gasteiger partial charge in [0.15, 0.2) is 5.78 Å². The van der Waals surface area contributed by atoms with Gasteiger partial charge in [-0.25, -0.2) is 0 Å². The van der Waals surface area contributed by atoms with E-state index in [1.807, 2.05) is 6.07 Å². The zero-order chi connectivity index (χ0) is 18.5. The van der Waals surface area contributed by atoms with Gasteiger partial charge in [0, 0.05) is 44.5 Å². The van der Waals surface area contributed by atoms with Gasteiger partial charge in [0.05, 0.1) is 18.2 Å². The minimum Gasteiger partial charge on any atom is -0.497 e. The zero-order valence-electron chi connectivity index (χ0n) is 14.9. The summed E-state index contributed by atoms with van der Waals surface area (Å²) < 4.78 is 11.0. The van der Waals surface area contributed by atoms with Gasteiger partial charge in [0.25, 0.3) is 6.47 Å². The minimum absolute atomic E-state index is 0.0769. The fourth-order valence-electron chi connectivity index (χ4n) is 3.71. The van der Waals surface area contributed by atoms with E-state index in [2.05, 4.69) is 16.0 Å². The first-order valence-electron chi connectivity index (χ1n) is 8.78. The van der Waals surface area contributed by atoms with Crippen LogP contribution in [0.4, 0.5) is 0 Å². The van der Waals surface area contributed by atoms with Crippen LogP contribution in [0.5, 0.6) is 11.5 Å². The lowest BCUT2D eigenvalue weighted by molar-refractivity contribution is -0.122. The average Bonchev–Trinajstić information content (AvgIpc) is 2.98. The molecule has 0 aliphatic carbocycles. The molecule has 0 spiro atoms. The van der Waals surface area contributed by atoms with Crippen molar-refractivity contribution in [3.05, 3.63) is 35.5 Å². The summed E-state index contributed by atoms with van der Waals surface area (Å²) in [5, 5.41) is 6.89. The summed E-state index contributed by atoms with van der Waals surface area (Å²) in [6.07, 6.45) is 4.42. The third-order valence-corrected chi connectivity index (χ3v) is 5.13. The second kappa shape index (κ2) is 8.23. The molecule has 0 amide bonds. The molecule has 1 aromatic rings. The smallest absolute Gasteiger partial charge is 0.290 e. The lowest BCUT2D eigenvalue weighted by Crippen LogP contribution is -2.36. The second-order valence-corrected chi connectivity index (χ2v) is 6.55. The molecule has 1 N–H and O–H groups in total. The van der Waals surface area contributed by atoms with Gasteiger partial charge in [-0.2, -0.15) is 0 Å². The maximum atomic E-state index is 12.8. The van der Waals surface area contributed by atoms with Crippen LogP contribution >= 0.6 is 0 Å². The quantitative estimate of drug-likeness (QED) is 0.634. The Morgan fingerprint density at radius 3 is 2.65 bits per heavy atom. The van der Waals surface area contributed by atoms with E-state index >= 15 is 0 Å². The molecule has 26 heavy (non-hydrogen) atoms. The van der Waals surface area contributed by atoms with Crippen LogP contribution < -0.4 is 9.47 Å². The Kier molecular flexibility index (Phi) is 5.78. The van der Waals surface area contributed by atoms with Crippen LogP contribution in [0.3, 0.4) is 0 Å². The van der Waals surface area contributed by atoms with Crippen LogP contribution in [-0.4, -0.2) is 73.1 Å². The first-order chi connectivity index (χ1) is 12.7. The van der Waals surface area contributed by atoms with Gasteiger partial charge >= 0.3 is 0 Å². The van der Waals surface area contributed by atoms with Gasteiger partial charge in [0.1, 0.15) is 18.1 Å². The van der Waals surface area contributed by atoms with Gasteiger partial charge in [-0.1, -0.05) is 0 Å². The van der Waals surface area contributed by atoms with Gasteiger partial charge in [-0.3, -0.25) is 9.59 Å². The van der Waals surface area contributed by atoms with E-state index in [4.69, 9.17) is 19.4 Å². The highest BCUT2D eigenvalue weighted by atomic mass is 16.5. The number of Topliss-reactive ketones (excluding diaryl/α,β-unsaturated/α-hetero) is 1. The summed E-state index contributed by atoms with van der Waals surface area (Å²) >= 11 is 0. The van der Waals surface area contributed by atoms with Crippen molar-refractivity contribution >= 4 is 12.3 Å². The number of ether oxygens (including phenoxy) is 2. The highest BCUT2D eigenvalue weighted by Crippen LogP contribution is 2.31. The topological polar surface area (TPSA) is 79.3 Å². The number of carboxylic acid groups (broad SMARTS) is 1. The number of piperidine rings is 1. The molecule has 0 atom stereocenters. The first kappa shape index (κ1) is 18.3. The highest BCUT2D eigenvalue weighted by Gasteiger charge is 2.30. The standard InChI is InChI=1S/C18H22N2O3.CH2O2/c1-22-15-2-3-16-17(10-15)23-12-13(18(16)21)11-20-9-8-19-6-4-14(20)5-7-19;2-1-3/h2-3,10-11,14H,4-9,12H2,1H3;1H,(H,2,3)/b13-11+;. The summed E-state index contributed by atoms with van der Waals surface area (Å²) in [5.74, 6) is 1.41. The third-order valence-electron chi connectivity index (χ3n) is 5.13. The summed E-state index contributed by atoms with van der Waals surface area (Å²) in [6.45, 7) is 4.53. The fourth-order valence-corrected chi connectivity index (χ4v) is 3.71. The van der Waals surface area contributed by atoms with Gasteiger partial charge in [-0.15, -0.1) is 0 Å². The van der Waals surface area contributed by atoms with Crippen molar-refractivity contribution in [2.75, 3.05) is 39.9 Å². The molecule has 7 nitrogen and oxygen atoms in total. The molecule has 4 aliphatic rings. The van der Waals surface area contributed by atoms with E-state index in [0.29, 0.717) is 29.7 Å². The molecule has 0 saturated carbocycles. The largest absolute Gasteiger partial charge is 0.497 e. The monoisotopic (exact) mass is 360 g/mol. The van der Waals surface area contributed by atoms with Gasteiger partial charge < -0.3 is 24.4 Å². The Morgan fingerprint density at radius 1 is 1.23 bits per heavy atom. The number of nitrogens with zero attached hydrogens (tertiary/aromatic N) is 2. The average molecular weight is 360 g/mol. The van der Waals surface area contributed by atoms with E-state index < -0.39 is 0 Å². The molecule has 5 rings (SSSR count). The van der Waals surface area contributed by atoms with Crippen LogP contribution in [0.15, 0.2) is 30.0 Å². The van der Waals surface area contributed by atoms with Crippen molar-refractivity contribution in [1.29, 1.82) is 0 Å². The van der Waals surface area contributed by atoms with E-state index in [1.54, 1.807) is 19.2 Å². The van der Waals surface area contributed by atoms with Crippen molar-refractivity contribution < 1.29 is 24.2 Å². The molecule has 0 aromatic heterocycles. The van der Waals surface area contributed by atoms with Crippen LogP contribution in [0.1, 0.15) is 23.2 Å². The summed E-state index contributed by atoms with van der Waals surface area (Å²) in [4.78, 5) is 26.0. The fraction of sp³-hybridized carbons (Fsp3) is 0.474. The van der Waals surface area contributed by atoms with Gasteiger partial charge in [0.2, 0.25) is 0 Å². The molecule has 0 radical (unpaired) electrons. The Morgan fingerprint density at radius 2 is 1.96 bits per heavy atom. The zero-order valence-corrected chi connectivity index (χ0v) is 14.9. The maximum Gasteiger partial charge on any atom is 0.290 e. The third kappa shape index (κ3) is 3.83. The van der Waals surface area contributed by atoms with Crippen molar-refractivity contribution in [1.82, 2.24) is 9.80 Å². The van der Waals surface area contributed by atoms with Crippen molar-refractivity contribution in [3.63, 3.8) is 0 Å². The predicted molar refractivity (Wildman–Crippen MR) is 95.8 cm³/mol. The lowest BCUT2D eigenvalue weighted by Gasteiger charge is -2.31. The number of ketones is 1. The number of hydrogen-bond donors (Lipinski definition) is 1. The first-order valence-corrected chi connectivity index (χ1v) is 8.78. The number of methoxy groups -OCH3 is 1. The van der Waals surface area contributed by atoms with Crippen LogP contribution in [0, 0.1) is 0 Å². The number of benzene rings is 1. The van der Waals surface area contributed by atoms with Crippen molar-refractivity contribution in [3.8, 4) is 11.5 Å². The normalized spacial score (nSPS) is 25.5. The molecule has 4 heterocycles. The van der Waals surface area contributed by atoms with E-state index in [-0.39, 0.29) is 12.3 Å². The van der Waals surface area contributed by atoms with E-state index in [0.717, 1.165) is 18.7 Å². The number of rotatable bonds is 2. The van der Waals surface area contributed by atoms with E-state index in [9.17, 15) is 4.79 Å². The van der Waals surface area contributed by atoms with Crippen molar-refractivity contribution in [2.45, 2.75) is 18.9 Å². The highest BCUT2D eigenvalue weighted by molar-refractivity contribution is 6.11. The predicted octanol–water partition coefficient (Wildman–Crippen LogP) is 1.64. The summed E-state index contributed by atoms with van der Waals surface area (Å²) in [7, 11) is 1.61. The molecule has 140 valence electrons. The Balaban J connectivity index is 0.000000613. The Labute approximate surface area is 152 Å². The number of hydrogen-bond acceptors (Lipinski definition) is 6. The van der Waals surface area contributed by atoms with Crippen LogP contribution in [0.2, 0.25) is 0 Å². The lowest BCUT2D eigenvalue weighted by atomic mass is 10.00.